The fourth-order valence-corrected chi connectivity index (χ4v) is 2.43. The second-order valence-electron chi connectivity index (χ2n) is 6.77. The van der Waals surface area contributed by atoms with Gasteiger partial charge in [-0.2, -0.15) is 0 Å². The molecule has 0 aliphatic heterocycles. The lowest BCUT2D eigenvalue weighted by Gasteiger charge is -2.19. The lowest BCUT2D eigenvalue weighted by Crippen LogP contribution is -2.26. The lowest BCUT2D eigenvalue weighted by molar-refractivity contribution is -0.116. The number of benzene rings is 2. The van der Waals surface area contributed by atoms with Gasteiger partial charge in [-0.25, -0.2) is 0 Å². The van der Waals surface area contributed by atoms with Crippen molar-refractivity contribution in [3.8, 4) is 5.75 Å². The zero-order chi connectivity index (χ0) is 18.3. The van der Waals surface area contributed by atoms with Crippen molar-refractivity contribution in [2.75, 3.05) is 13.2 Å². The predicted octanol–water partition coefficient (Wildman–Crippen LogP) is 4.85. The average molecular weight is 358 g/mol. The second kappa shape index (κ2) is 8.72. The van der Waals surface area contributed by atoms with Gasteiger partial charge in [0.1, 0.15) is 12.4 Å². The normalized spacial score (nSPS) is 11.5. The lowest BCUT2D eigenvalue weighted by atomic mass is 9.87. The molecule has 2 aromatic rings. The van der Waals surface area contributed by atoms with Crippen LogP contribution in [0.5, 0.6) is 5.75 Å². The van der Waals surface area contributed by atoms with E-state index in [1.54, 1.807) is 12.1 Å². The Morgan fingerprint density at radius 2 is 1.80 bits per heavy atom. The van der Waals surface area contributed by atoms with Gasteiger partial charge < -0.3 is 10.1 Å². The first kappa shape index (κ1) is 19.1. The first-order valence-electron chi connectivity index (χ1n) is 8.30. The van der Waals surface area contributed by atoms with E-state index in [-0.39, 0.29) is 11.3 Å². The monoisotopic (exact) mass is 357 g/mol. The smallest absolute Gasteiger partial charge is 0.244 e. The Morgan fingerprint density at radius 1 is 1.12 bits per heavy atom. The van der Waals surface area contributed by atoms with Crippen LogP contribution in [0.4, 0.5) is 0 Å². The average Bonchev–Trinajstić information content (AvgIpc) is 2.57. The van der Waals surface area contributed by atoms with E-state index in [0.717, 1.165) is 11.3 Å². The topological polar surface area (TPSA) is 38.3 Å². The molecule has 2 rings (SSSR count). The maximum absolute atomic E-state index is 11.8. The van der Waals surface area contributed by atoms with Crippen LogP contribution in [-0.2, 0) is 10.2 Å². The zero-order valence-corrected chi connectivity index (χ0v) is 15.6. The van der Waals surface area contributed by atoms with Gasteiger partial charge in [-0.3, -0.25) is 4.79 Å². The summed E-state index contributed by atoms with van der Waals surface area (Å²) in [6, 6.07) is 15.4. The number of nitrogens with one attached hydrogen (secondary N) is 1. The molecule has 0 heterocycles. The molecule has 4 heteroatoms. The van der Waals surface area contributed by atoms with Crippen molar-refractivity contribution in [1.29, 1.82) is 0 Å². The van der Waals surface area contributed by atoms with E-state index < -0.39 is 0 Å². The maximum Gasteiger partial charge on any atom is 0.244 e. The Labute approximate surface area is 154 Å². The molecule has 2 aromatic carbocycles. The molecule has 0 radical (unpaired) electrons. The van der Waals surface area contributed by atoms with Crippen LogP contribution in [0.15, 0.2) is 54.6 Å². The first-order valence-corrected chi connectivity index (χ1v) is 8.68. The standard InChI is InChI=1S/C21H24ClNO2/c1-21(2,3)17-9-11-18(12-10-17)25-15-14-23-20(24)13-8-16-6-4-5-7-19(16)22/h4-13H,14-15H2,1-3H3,(H,23,24)/b13-8+. The van der Waals surface area contributed by atoms with Crippen LogP contribution in [-0.4, -0.2) is 19.1 Å². The number of hydrogen-bond donors (Lipinski definition) is 1. The Hall–Kier alpha value is -2.26. The highest BCUT2D eigenvalue weighted by Crippen LogP contribution is 2.24. The summed E-state index contributed by atoms with van der Waals surface area (Å²) in [4.78, 5) is 11.8. The molecular formula is C21H24ClNO2. The van der Waals surface area contributed by atoms with Crippen LogP contribution in [0.25, 0.3) is 6.08 Å². The molecule has 0 unspecified atom stereocenters. The largest absolute Gasteiger partial charge is 0.492 e. The highest BCUT2D eigenvalue weighted by Gasteiger charge is 2.12. The quantitative estimate of drug-likeness (QED) is 0.593. The minimum Gasteiger partial charge on any atom is -0.492 e. The van der Waals surface area contributed by atoms with Crippen LogP contribution in [0.2, 0.25) is 5.02 Å². The fourth-order valence-electron chi connectivity index (χ4n) is 2.23. The van der Waals surface area contributed by atoms with Crippen molar-refractivity contribution >= 4 is 23.6 Å². The predicted molar refractivity (Wildman–Crippen MR) is 104 cm³/mol. The molecule has 1 N–H and O–H groups in total. The number of carbonyl (C=O) groups excluding carboxylic acids is 1. The van der Waals surface area contributed by atoms with Gasteiger partial charge in [-0.05, 0) is 40.8 Å². The van der Waals surface area contributed by atoms with Crippen molar-refractivity contribution in [1.82, 2.24) is 5.32 Å². The minimum absolute atomic E-state index is 0.125. The van der Waals surface area contributed by atoms with E-state index in [1.807, 2.05) is 30.3 Å². The Kier molecular flexibility index (Phi) is 6.65. The van der Waals surface area contributed by atoms with Gasteiger partial charge in [0.25, 0.3) is 0 Å². The Morgan fingerprint density at radius 3 is 2.44 bits per heavy atom. The van der Waals surface area contributed by atoms with E-state index in [0.29, 0.717) is 18.2 Å². The van der Waals surface area contributed by atoms with Gasteiger partial charge in [0, 0.05) is 11.1 Å². The van der Waals surface area contributed by atoms with Crippen LogP contribution in [0.1, 0.15) is 31.9 Å². The second-order valence-corrected chi connectivity index (χ2v) is 7.18. The zero-order valence-electron chi connectivity index (χ0n) is 14.9. The number of carbonyl (C=O) groups is 1. The van der Waals surface area contributed by atoms with Crippen molar-refractivity contribution in [3.05, 3.63) is 70.8 Å². The third-order valence-corrected chi connectivity index (χ3v) is 4.05. The van der Waals surface area contributed by atoms with Crippen LogP contribution in [0, 0.1) is 0 Å². The van der Waals surface area contributed by atoms with Crippen LogP contribution < -0.4 is 10.1 Å². The van der Waals surface area contributed by atoms with E-state index in [1.165, 1.54) is 11.6 Å². The molecule has 0 saturated carbocycles. The Balaban J connectivity index is 1.74. The molecule has 1 amide bonds. The fraction of sp³-hybridized carbons (Fsp3) is 0.286. The third-order valence-electron chi connectivity index (χ3n) is 3.71. The van der Waals surface area contributed by atoms with Gasteiger partial charge in [-0.15, -0.1) is 0 Å². The molecule has 3 nitrogen and oxygen atoms in total. The van der Waals surface area contributed by atoms with Gasteiger partial charge in [-0.1, -0.05) is 62.7 Å². The van der Waals surface area contributed by atoms with Gasteiger partial charge in [0.15, 0.2) is 0 Å². The van der Waals surface area contributed by atoms with Crippen molar-refractivity contribution in [2.24, 2.45) is 0 Å². The van der Waals surface area contributed by atoms with Crippen molar-refractivity contribution in [3.63, 3.8) is 0 Å². The molecule has 0 saturated heterocycles. The summed E-state index contributed by atoms with van der Waals surface area (Å²) < 4.78 is 5.65. The summed E-state index contributed by atoms with van der Waals surface area (Å²) in [7, 11) is 0. The molecule has 25 heavy (non-hydrogen) atoms. The molecule has 0 fully saturated rings. The Bertz CT molecular complexity index is 730. The number of halogens is 1. The maximum atomic E-state index is 11.8. The minimum atomic E-state index is -0.174. The van der Waals surface area contributed by atoms with E-state index in [2.05, 4.69) is 38.2 Å². The van der Waals surface area contributed by atoms with Gasteiger partial charge in [0.05, 0.1) is 6.54 Å². The SMILES string of the molecule is CC(C)(C)c1ccc(OCCNC(=O)/C=C/c2ccccc2Cl)cc1. The van der Waals surface area contributed by atoms with E-state index >= 15 is 0 Å². The van der Waals surface area contributed by atoms with Crippen molar-refractivity contribution in [2.45, 2.75) is 26.2 Å². The summed E-state index contributed by atoms with van der Waals surface area (Å²) in [5.74, 6) is 0.625. The van der Waals surface area contributed by atoms with E-state index in [9.17, 15) is 4.79 Å². The molecule has 0 spiro atoms. The molecule has 0 aliphatic rings. The summed E-state index contributed by atoms with van der Waals surface area (Å²) in [5.41, 5.74) is 2.20. The summed E-state index contributed by atoms with van der Waals surface area (Å²) >= 11 is 6.04. The summed E-state index contributed by atoms with van der Waals surface area (Å²) in [6.45, 7) is 7.38. The third kappa shape index (κ3) is 6.28. The first-order chi connectivity index (χ1) is 11.9. The molecule has 0 bridgehead atoms. The summed E-state index contributed by atoms with van der Waals surface area (Å²) in [6.07, 6.45) is 3.17. The highest BCUT2D eigenvalue weighted by atomic mass is 35.5. The molecular weight excluding hydrogens is 334 g/mol. The number of rotatable bonds is 6. The van der Waals surface area contributed by atoms with Crippen molar-refractivity contribution < 1.29 is 9.53 Å². The number of amides is 1. The van der Waals surface area contributed by atoms with Crippen LogP contribution in [0.3, 0.4) is 0 Å². The number of hydrogen-bond acceptors (Lipinski definition) is 2. The molecule has 0 aliphatic carbocycles. The van der Waals surface area contributed by atoms with Gasteiger partial charge in [0.2, 0.25) is 5.91 Å². The summed E-state index contributed by atoms with van der Waals surface area (Å²) in [5, 5.41) is 3.40. The number of ether oxygens (including phenoxy) is 1. The molecule has 132 valence electrons. The molecule has 0 aromatic heterocycles. The van der Waals surface area contributed by atoms with E-state index in [4.69, 9.17) is 16.3 Å². The van der Waals surface area contributed by atoms with Gasteiger partial charge >= 0.3 is 0 Å². The highest BCUT2D eigenvalue weighted by molar-refractivity contribution is 6.32. The molecule has 0 atom stereocenters. The van der Waals surface area contributed by atoms with Crippen LogP contribution >= 0.6 is 11.6 Å².